The molecule has 0 aromatic heterocycles. The van der Waals surface area contributed by atoms with Gasteiger partial charge in [0.1, 0.15) is 6.61 Å². The molecule has 0 amide bonds. The molecule has 1 unspecified atom stereocenters. The van der Waals surface area contributed by atoms with Crippen LogP contribution in [0.4, 0.5) is 0 Å². The van der Waals surface area contributed by atoms with Gasteiger partial charge >= 0.3 is 11.9 Å². The maximum Gasteiger partial charge on any atom is 0.306 e. The molecule has 0 fully saturated rings. The third-order valence-electron chi connectivity index (χ3n) is 11.0. The zero-order valence-electron chi connectivity index (χ0n) is 44.5. The maximum absolute atomic E-state index is 12.3. The van der Waals surface area contributed by atoms with Crippen LogP contribution >= 0.6 is 0 Å². The molecule has 1 atom stereocenters. The zero-order valence-corrected chi connectivity index (χ0v) is 44.5. The first-order valence-corrected chi connectivity index (χ1v) is 27.7. The molecule has 0 heterocycles. The monoisotopic (exact) mass is 961 g/mol. The standard InChI is InChI=1S/C65H100O5/c1-3-5-7-9-11-13-15-17-19-21-23-25-26-27-28-29-30-31-32-33-34-35-36-37-38-40-42-44-46-48-50-52-54-56-58-60-65(68)70-63(61-66)62-69-64(67)59-57-55-53-51-49-47-45-43-41-39-24-22-20-18-16-14-12-10-8-6-4-2/h5-8,11-14,17-20,23-25,27-28,30-31,33-34,36-37,39,43,45,49,51,63,66H,3-4,9-10,15-16,21-22,26,29,32,35,38,40-42,44,46-48,50,52-62H2,1-2H3/b7-5-,8-6-,13-11-,14-12-,19-17-,20-18-,25-23-,28-27-,31-30-,34-33-,37-36-,39-24-,45-43-,51-49-. The predicted molar refractivity (Wildman–Crippen MR) is 306 cm³/mol. The Labute approximate surface area is 430 Å². The molecule has 0 aliphatic rings. The fourth-order valence-electron chi connectivity index (χ4n) is 6.93. The van der Waals surface area contributed by atoms with Crippen molar-refractivity contribution in [3.8, 4) is 0 Å². The topological polar surface area (TPSA) is 72.8 Å². The van der Waals surface area contributed by atoms with E-state index in [4.69, 9.17) is 9.47 Å². The fourth-order valence-corrected chi connectivity index (χ4v) is 6.93. The van der Waals surface area contributed by atoms with E-state index in [1.165, 1.54) is 51.4 Å². The third kappa shape index (κ3) is 55.9. The van der Waals surface area contributed by atoms with Crippen molar-refractivity contribution in [1.82, 2.24) is 0 Å². The number of esters is 2. The first kappa shape index (κ1) is 65.3. The van der Waals surface area contributed by atoms with E-state index in [-0.39, 0.29) is 25.2 Å². The van der Waals surface area contributed by atoms with E-state index >= 15 is 0 Å². The molecule has 5 nitrogen and oxygen atoms in total. The van der Waals surface area contributed by atoms with Gasteiger partial charge in [0.2, 0.25) is 0 Å². The summed E-state index contributed by atoms with van der Waals surface area (Å²) in [5.74, 6) is -0.660. The summed E-state index contributed by atoms with van der Waals surface area (Å²) in [4.78, 5) is 24.5. The second-order valence-corrected chi connectivity index (χ2v) is 17.5. The van der Waals surface area contributed by atoms with Crippen LogP contribution in [0.3, 0.4) is 0 Å². The van der Waals surface area contributed by atoms with Crippen molar-refractivity contribution in [1.29, 1.82) is 0 Å². The highest BCUT2D eigenvalue weighted by atomic mass is 16.6. The lowest BCUT2D eigenvalue weighted by atomic mass is 10.0. The molecule has 0 spiro atoms. The number of unbranched alkanes of at least 4 members (excludes halogenated alkanes) is 12. The summed E-state index contributed by atoms with van der Waals surface area (Å²) < 4.78 is 10.7. The second kappa shape index (κ2) is 58.6. The van der Waals surface area contributed by atoms with E-state index in [9.17, 15) is 14.7 Å². The Balaban J connectivity index is 3.65. The van der Waals surface area contributed by atoms with E-state index < -0.39 is 6.10 Å². The minimum absolute atomic E-state index is 0.102. The van der Waals surface area contributed by atoms with Gasteiger partial charge in [-0.2, -0.15) is 0 Å². The van der Waals surface area contributed by atoms with Gasteiger partial charge < -0.3 is 14.6 Å². The molecule has 0 aromatic carbocycles. The molecule has 0 aliphatic heterocycles. The van der Waals surface area contributed by atoms with Crippen molar-refractivity contribution in [2.24, 2.45) is 0 Å². The number of carbonyl (C=O) groups is 2. The quantitative estimate of drug-likeness (QED) is 0.0374. The Morgan fingerprint density at radius 2 is 0.571 bits per heavy atom. The van der Waals surface area contributed by atoms with Crippen LogP contribution in [0.5, 0.6) is 0 Å². The Morgan fingerprint density at radius 3 is 0.886 bits per heavy atom. The van der Waals surface area contributed by atoms with Crippen molar-refractivity contribution in [2.45, 2.75) is 213 Å². The number of hydrogen-bond donors (Lipinski definition) is 1. The van der Waals surface area contributed by atoms with Crippen molar-refractivity contribution in [2.75, 3.05) is 13.2 Å². The van der Waals surface area contributed by atoms with E-state index in [0.29, 0.717) is 12.8 Å². The van der Waals surface area contributed by atoms with Crippen LogP contribution in [0.1, 0.15) is 206 Å². The lowest BCUT2D eigenvalue weighted by molar-refractivity contribution is -0.161. The molecule has 70 heavy (non-hydrogen) atoms. The third-order valence-corrected chi connectivity index (χ3v) is 11.0. The van der Waals surface area contributed by atoms with Gasteiger partial charge in [-0.15, -0.1) is 0 Å². The summed E-state index contributed by atoms with van der Waals surface area (Å²) in [6.45, 7) is 3.86. The summed E-state index contributed by atoms with van der Waals surface area (Å²) in [5, 5.41) is 9.64. The minimum Gasteiger partial charge on any atom is -0.462 e. The number of hydrogen-bond acceptors (Lipinski definition) is 5. The predicted octanol–water partition coefficient (Wildman–Crippen LogP) is 19.0. The van der Waals surface area contributed by atoms with E-state index in [2.05, 4.69) is 184 Å². The molecule has 5 heteroatoms. The minimum atomic E-state index is -0.807. The van der Waals surface area contributed by atoms with Gasteiger partial charge in [-0.05, 0) is 128 Å². The van der Waals surface area contributed by atoms with Gasteiger partial charge in [-0.25, -0.2) is 0 Å². The van der Waals surface area contributed by atoms with Crippen molar-refractivity contribution in [3.63, 3.8) is 0 Å². The molecule has 0 aromatic rings. The van der Waals surface area contributed by atoms with Gasteiger partial charge in [0, 0.05) is 12.8 Å². The Kier molecular flexibility index (Phi) is 54.6. The first-order chi connectivity index (χ1) is 34.6. The van der Waals surface area contributed by atoms with E-state index in [1.54, 1.807) is 0 Å². The molecular weight excluding hydrogens is 861 g/mol. The summed E-state index contributed by atoms with van der Waals surface area (Å²) in [7, 11) is 0. The van der Waals surface area contributed by atoms with Crippen molar-refractivity contribution < 1.29 is 24.2 Å². The molecule has 0 bridgehead atoms. The number of aliphatic hydroxyl groups is 1. The van der Waals surface area contributed by atoms with Crippen LogP contribution in [0.15, 0.2) is 170 Å². The largest absolute Gasteiger partial charge is 0.462 e. The molecule has 0 saturated carbocycles. The summed E-state index contributed by atoms with van der Waals surface area (Å²) in [5.41, 5.74) is 0. The average molecular weight is 962 g/mol. The van der Waals surface area contributed by atoms with Gasteiger partial charge in [-0.3, -0.25) is 9.59 Å². The summed E-state index contributed by atoms with van der Waals surface area (Å²) in [6, 6.07) is 0. The van der Waals surface area contributed by atoms with Crippen LogP contribution in [-0.4, -0.2) is 36.4 Å². The molecule has 0 saturated heterocycles. The van der Waals surface area contributed by atoms with Crippen LogP contribution in [-0.2, 0) is 19.1 Å². The lowest BCUT2D eigenvalue weighted by Crippen LogP contribution is -2.28. The van der Waals surface area contributed by atoms with Crippen LogP contribution < -0.4 is 0 Å². The summed E-state index contributed by atoms with van der Waals surface area (Å²) >= 11 is 0. The number of allylic oxidation sites excluding steroid dienone is 28. The van der Waals surface area contributed by atoms with Gasteiger partial charge in [-0.1, -0.05) is 235 Å². The van der Waals surface area contributed by atoms with Gasteiger partial charge in [0.05, 0.1) is 6.61 Å². The average Bonchev–Trinajstić information content (AvgIpc) is 3.36. The second-order valence-electron chi connectivity index (χ2n) is 17.5. The Bertz CT molecular complexity index is 1600. The van der Waals surface area contributed by atoms with E-state index in [0.717, 1.165) is 128 Å². The highest BCUT2D eigenvalue weighted by Crippen LogP contribution is 2.13. The highest BCUT2D eigenvalue weighted by molar-refractivity contribution is 5.70. The molecule has 0 rings (SSSR count). The Hall–Kier alpha value is -4.74. The number of carbonyl (C=O) groups excluding carboxylic acids is 2. The first-order valence-electron chi connectivity index (χ1n) is 27.7. The lowest BCUT2D eigenvalue weighted by Gasteiger charge is -2.15. The Morgan fingerprint density at radius 1 is 0.329 bits per heavy atom. The molecule has 0 aliphatic carbocycles. The summed E-state index contributed by atoms with van der Waals surface area (Å²) in [6.07, 6.45) is 91.7. The molecule has 390 valence electrons. The number of aliphatic hydroxyl groups excluding tert-OH is 1. The molecule has 0 radical (unpaired) electrons. The SMILES string of the molecule is CC/C=C\C/C=C\C/C=C\C/C=C\C/C=C\C/C=C\C/C=C\C/C=C\CCCCCCCCCCCCC(=O)OC(CO)COC(=O)CCCC/C=C\C/C=C\C/C=C\C/C=C\C/C=C\C/C=C\CC. The van der Waals surface area contributed by atoms with Crippen LogP contribution in [0, 0.1) is 0 Å². The molecule has 1 N–H and O–H groups in total. The van der Waals surface area contributed by atoms with Crippen molar-refractivity contribution >= 4 is 11.9 Å². The maximum atomic E-state index is 12.3. The van der Waals surface area contributed by atoms with Gasteiger partial charge in [0.15, 0.2) is 6.10 Å². The number of rotatable bonds is 48. The van der Waals surface area contributed by atoms with Crippen molar-refractivity contribution in [3.05, 3.63) is 170 Å². The fraction of sp³-hybridized carbons (Fsp3) is 0.538. The van der Waals surface area contributed by atoms with Crippen LogP contribution in [0.2, 0.25) is 0 Å². The normalized spacial score (nSPS) is 13.6. The zero-order chi connectivity index (χ0) is 50.6. The smallest absolute Gasteiger partial charge is 0.306 e. The number of ether oxygens (including phenoxy) is 2. The van der Waals surface area contributed by atoms with Crippen LogP contribution in [0.25, 0.3) is 0 Å². The van der Waals surface area contributed by atoms with E-state index in [1.807, 2.05) is 0 Å². The molecular formula is C65H100O5. The van der Waals surface area contributed by atoms with Gasteiger partial charge in [0.25, 0.3) is 0 Å². The highest BCUT2D eigenvalue weighted by Gasteiger charge is 2.16.